The van der Waals surface area contributed by atoms with Crippen molar-refractivity contribution >= 4 is 46.5 Å². The first-order valence-corrected chi connectivity index (χ1v) is 10.4. The van der Waals surface area contributed by atoms with Crippen LogP contribution in [0.2, 0.25) is 5.02 Å². The van der Waals surface area contributed by atoms with E-state index in [1.54, 1.807) is 0 Å². The SMILES string of the molecule is COC(=O)c1cc(NC(=O)Cc2csc(Cc3cccc(Cl)c3)n2)cc(C(=O)OC)c1. The number of rotatable bonds is 7. The van der Waals surface area contributed by atoms with Crippen LogP contribution in [0.15, 0.2) is 47.8 Å². The second-order valence-electron chi connectivity index (χ2n) is 6.55. The molecule has 31 heavy (non-hydrogen) atoms. The van der Waals surface area contributed by atoms with Crippen molar-refractivity contribution in [1.82, 2.24) is 4.98 Å². The Bertz CT molecular complexity index is 1090. The normalized spacial score (nSPS) is 10.4. The number of anilines is 1. The van der Waals surface area contributed by atoms with Gasteiger partial charge in [-0.1, -0.05) is 23.7 Å². The van der Waals surface area contributed by atoms with E-state index in [2.05, 4.69) is 10.3 Å². The second kappa shape index (κ2) is 10.2. The number of amides is 1. The Morgan fingerprint density at radius 1 is 1.03 bits per heavy atom. The number of hydrogen-bond acceptors (Lipinski definition) is 7. The molecule has 0 spiro atoms. The van der Waals surface area contributed by atoms with Crippen LogP contribution in [0.5, 0.6) is 0 Å². The van der Waals surface area contributed by atoms with Crippen LogP contribution in [0.4, 0.5) is 5.69 Å². The van der Waals surface area contributed by atoms with Crippen molar-refractivity contribution in [2.45, 2.75) is 12.8 Å². The van der Waals surface area contributed by atoms with Gasteiger partial charge in [-0.15, -0.1) is 11.3 Å². The summed E-state index contributed by atoms with van der Waals surface area (Å²) in [5.41, 5.74) is 2.18. The number of halogens is 1. The molecule has 1 N–H and O–H groups in total. The highest BCUT2D eigenvalue weighted by atomic mass is 35.5. The molecule has 0 bridgehead atoms. The van der Waals surface area contributed by atoms with Gasteiger partial charge in [0.1, 0.15) is 0 Å². The largest absolute Gasteiger partial charge is 0.465 e. The third kappa shape index (κ3) is 6.13. The third-order valence-electron chi connectivity index (χ3n) is 4.24. The summed E-state index contributed by atoms with van der Waals surface area (Å²) in [6, 6.07) is 11.7. The van der Waals surface area contributed by atoms with E-state index < -0.39 is 11.9 Å². The molecule has 0 aliphatic heterocycles. The zero-order chi connectivity index (χ0) is 22.4. The van der Waals surface area contributed by atoms with Gasteiger partial charge in [0, 0.05) is 22.5 Å². The molecule has 0 aliphatic rings. The molecule has 9 heteroatoms. The van der Waals surface area contributed by atoms with Gasteiger partial charge in [0.2, 0.25) is 5.91 Å². The summed E-state index contributed by atoms with van der Waals surface area (Å²) in [6.07, 6.45) is 0.665. The number of aromatic nitrogens is 1. The molecular formula is C22H19ClN2O5S. The van der Waals surface area contributed by atoms with E-state index >= 15 is 0 Å². The van der Waals surface area contributed by atoms with Gasteiger partial charge >= 0.3 is 11.9 Å². The average Bonchev–Trinajstić information content (AvgIpc) is 3.18. The van der Waals surface area contributed by atoms with Crippen LogP contribution in [-0.2, 0) is 27.1 Å². The molecular weight excluding hydrogens is 440 g/mol. The monoisotopic (exact) mass is 458 g/mol. The van der Waals surface area contributed by atoms with Gasteiger partial charge in [-0.3, -0.25) is 4.79 Å². The van der Waals surface area contributed by atoms with E-state index in [-0.39, 0.29) is 29.1 Å². The quantitative estimate of drug-likeness (QED) is 0.534. The van der Waals surface area contributed by atoms with Crippen molar-refractivity contribution in [2.24, 2.45) is 0 Å². The number of nitrogens with zero attached hydrogens (tertiary/aromatic N) is 1. The Kier molecular flexibility index (Phi) is 7.38. The number of ether oxygens (including phenoxy) is 2. The topological polar surface area (TPSA) is 94.6 Å². The molecule has 0 saturated heterocycles. The molecule has 1 amide bonds. The van der Waals surface area contributed by atoms with Crippen LogP contribution < -0.4 is 5.32 Å². The standard InChI is InChI=1S/C22H19ClN2O5S/c1-29-21(27)14-8-15(22(28)30-2)10-17(9-14)24-19(26)11-18-12-31-20(25-18)7-13-4-3-5-16(23)6-13/h3-6,8-10,12H,7,11H2,1-2H3,(H,24,26). The maximum Gasteiger partial charge on any atom is 0.337 e. The maximum absolute atomic E-state index is 12.5. The molecule has 1 aromatic heterocycles. The number of esters is 2. The van der Waals surface area contributed by atoms with Crippen LogP contribution in [0, 0.1) is 0 Å². The molecule has 160 valence electrons. The van der Waals surface area contributed by atoms with Gasteiger partial charge in [-0.2, -0.15) is 0 Å². The predicted molar refractivity (Wildman–Crippen MR) is 118 cm³/mol. The minimum Gasteiger partial charge on any atom is -0.465 e. The smallest absolute Gasteiger partial charge is 0.337 e. The van der Waals surface area contributed by atoms with Crippen LogP contribution in [-0.4, -0.2) is 37.0 Å². The Morgan fingerprint density at radius 2 is 1.71 bits per heavy atom. The van der Waals surface area contributed by atoms with Gasteiger partial charge in [0.25, 0.3) is 0 Å². The number of benzene rings is 2. The van der Waals surface area contributed by atoms with Crippen LogP contribution >= 0.6 is 22.9 Å². The van der Waals surface area contributed by atoms with Gasteiger partial charge < -0.3 is 14.8 Å². The fraction of sp³-hybridized carbons (Fsp3) is 0.182. The Hall–Kier alpha value is -3.23. The lowest BCUT2D eigenvalue weighted by atomic mass is 10.1. The first kappa shape index (κ1) is 22.5. The van der Waals surface area contributed by atoms with Crippen molar-refractivity contribution < 1.29 is 23.9 Å². The lowest BCUT2D eigenvalue weighted by Gasteiger charge is -2.09. The van der Waals surface area contributed by atoms with E-state index in [4.69, 9.17) is 21.1 Å². The molecule has 1 heterocycles. The fourth-order valence-electron chi connectivity index (χ4n) is 2.87. The average molecular weight is 459 g/mol. The van der Waals surface area contributed by atoms with Crippen molar-refractivity contribution in [2.75, 3.05) is 19.5 Å². The van der Waals surface area contributed by atoms with Gasteiger partial charge in [-0.25, -0.2) is 14.6 Å². The number of carbonyl (C=O) groups is 3. The predicted octanol–water partition coefficient (Wildman–Crippen LogP) is 4.14. The van der Waals surface area contributed by atoms with Gasteiger partial charge in [-0.05, 0) is 35.9 Å². The maximum atomic E-state index is 12.5. The number of methoxy groups -OCH3 is 2. The van der Waals surface area contributed by atoms with Crippen molar-refractivity contribution in [1.29, 1.82) is 0 Å². The Morgan fingerprint density at radius 3 is 2.32 bits per heavy atom. The highest BCUT2D eigenvalue weighted by Gasteiger charge is 2.16. The first-order chi connectivity index (χ1) is 14.9. The number of thiazole rings is 1. The fourth-order valence-corrected chi connectivity index (χ4v) is 3.91. The minimum absolute atomic E-state index is 0.0437. The lowest BCUT2D eigenvalue weighted by molar-refractivity contribution is -0.115. The summed E-state index contributed by atoms with van der Waals surface area (Å²) < 4.78 is 9.40. The van der Waals surface area contributed by atoms with Crippen molar-refractivity contribution in [3.05, 3.63) is 80.3 Å². The minimum atomic E-state index is -0.633. The van der Waals surface area contributed by atoms with E-state index in [1.165, 1.54) is 43.8 Å². The highest BCUT2D eigenvalue weighted by molar-refractivity contribution is 7.09. The van der Waals surface area contributed by atoms with E-state index in [0.29, 0.717) is 17.1 Å². The van der Waals surface area contributed by atoms with Gasteiger partial charge in [0.05, 0.1) is 42.5 Å². The number of nitrogens with one attached hydrogen (secondary N) is 1. The van der Waals surface area contributed by atoms with Crippen LogP contribution in [0.1, 0.15) is 37.0 Å². The van der Waals surface area contributed by atoms with Crippen molar-refractivity contribution in [3.8, 4) is 0 Å². The third-order valence-corrected chi connectivity index (χ3v) is 5.38. The van der Waals surface area contributed by atoms with Gasteiger partial charge in [0.15, 0.2) is 0 Å². The Labute approximate surface area is 188 Å². The number of hydrogen-bond donors (Lipinski definition) is 1. The highest BCUT2D eigenvalue weighted by Crippen LogP contribution is 2.20. The summed E-state index contributed by atoms with van der Waals surface area (Å²) in [4.78, 5) is 40.8. The zero-order valence-electron chi connectivity index (χ0n) is 16.8. The second-order valence-corrected chi connectivity index (χ2v) is 7.93. The molecule has 0 radical (unpaired) electrons. The van der Waals surface area contributed by atoms with Crippen molar-refractivity contribution in [3.63, 3.8) is 0 Å². The number of carbonyl (C=O) groups excluding carboxylic acids is 3. The molecule has 7 nitrogen and oxygen atoms in total. The Balaban J connectivity index is 1.70. The summed E-state index contributed by atoms with van der Waals surface area (Å²) in [6.45, 7) is 0. The molecule has 3 rings (SSSR count). The van der Waals surface area contributed by atoms with Crippen LogP contribution in [0.25, 0.3) is 0 Å². The lowest BCUT2D eigenvalue weighted by Crippen LogP contribution is -2.16. The summed E-state index contributed by atoms with van der Waals surface area (Å²) in [7, 11) is 2.46. The molecule has 0 fully saturated rings. The van der Waals surface area contributed by atoms with E-state index in [0.717, 1.165) is 10.6 Å². The first-order valence-electron chi connectivity index (χ1n) is 9.17. The van der Waals surface area contributed by atoms with E-state index in [1.807, 2.05) is 29.6 Å². The summed E-state index contributed by atoms with van der Waals surface area (Å²) >= 11 is 7.47. The summed E-state index contributed by atoms with van der Waals surface area (Å²) in [5, 5.41) is 6.04. The summed E-state index contributed by atoms with van der Waals surface area (Å²) in [5.74, 6) is -1.60. The molecule has 0 atom stereocenters. The van der Waals surface area contributed by atoms with Crippen LogP contribution in [0.3, 0.4) is 0 Å². The molecule has 0 aliphatic carbocycles. The molecule has 0 saturated carbocycles. The molecule has 2 aromatic carbocycles. The molecule has 0 unspecified atom stereocenters. The van der Waals surface area contributed by atoms with E-state index in [9.17, 15) is 14.4 Å². The molecule has 3 aromatic rings. The zero-order valence-corrected chi connectivity index (χ0v) is 18.4.